The Labute approximate surface area is 122 Å². The fourth-order valence-corrected chi connectivity index (χ4v) is 1.63. The van der Waals surface area contributed by atoms with Crippen LogP contribution in [0.25, 0.3) is 0 Å². The average Bonchev–Trinajstić information content (AvgIpc) is 2.47. The quantitative estimate of drug-likeness (QED) is 0.842. The molecule has 0 bridgehead atoms. The van der Waals surface area contributed by atoms with E-state index in [9.17, 15) is 4.79 Å². The Bertz CT molecular complexity index is 575. The van der Waals surface area contributed by atoms with Crippen molar-refractivity contribution in [3.05, 3.63) is 54.7 Å². The number of carbonyl (C=O) groups excluding carboxylic acids is 1. The second kappa shape index (κ2) is 7.20. The molecule has 6 heteroatoms. The first-order chi connectivity index (χ1) is 9.74. The van der Waals surface area contributed by atoms with Crippen molar-refractivity contribution in [2.75, 3.05) is 11.9 Å². The highest BCUT2D eigenvalue weighted by molar-refractivity contribution is 7.80. The minimum absolute atomic E-state index is 0.103. The van der Waals surface area contributed by atoms with Crippen molar-refractivity contribution in [2.45, 2.75) is 0 Å². The molecule has 20 heavy (non-hydrogen) atoms. The second-order valence-electron chi connectivity index (χ2n) is 3.82. The third-order valence-corrected chi connectivity index (χ3v) is 2.48. The summed E-state index contributed by atoms with van der Waals surface area (Å²) < 4.78 is 5.30. The molecule has 0 aliphatic carbocycles. The van der Waals surface area contributed by atoms with Gasteiger partial charge in [0.1, 0.15) is 11.6 Å². The third-order valence-electron chi connectivity index (χ3n) is 2.27. The monoisotopic (exact) mass is 287 g/mol. The Morgan fingerprint density at radius 3 is 2.60 bits per heavy atom. The molecule has 1 aromatic heterocycles. The molecule has 0 saturated carbocycles. The largest absolute Gasteiger partial charge is 0.484 e. The fourth-order valence-electron chi connectivity index (χ4n) is 1.41. The predicted molar refractivity (Wildman–Crippen MR) is 80.5 cm³/mol. The number of nitrogens with one attached hydrogen (secondary N) is 2. The Morgan fingerprint density at radius 2 is 1.90 bits per heavy atom. The zero-order valence-corrected chi connectivity index (χ0v) is 11.4. The van der Waals surface area contributed by atoms with Crippen LogP contribution in [-0.4, -0.2) is 22.6 Å². The summed E-state index contributed by atoms with van der Waals surface area (Å²) in [6.07, 6.45) is 1.63. The SMILES string of the molecule is O=C(COc1ccccc1)NC(=S)Nc1ccccn1. The Kier molecular flexibility index (Phi) is 5.02. The van der Waals surface area contributed by atoms with E-state index in [2.05, 4.69) is 15.6 Å². The number of nitrogens with zero attached hydrogens (tertiary/aromatic N) is 1. The molecule has 0 fully saturated rings. The molecule has 0 spiro atoms. The van der Waals surface area contributed by atoms with Crippen molar-refractivity contribution in [3.63, 3.8) is 0 Å². The van der Waals surface area contributed by atoms with Crippen molar-refractivity contribution >= 4 is 29.1 Å². The summed E-state index contributed by atoms with van der Waals surface area (Å²) in [6, 6.07) is 14.5. The standard InChI is InChI=1S/C14H13N3O2S/c18-13(10-19-11-6-2-1-3-7-11)17-14(20)16-12-8-4-5-9-15-12/h1-9H,10H2,(H2,15,16,17,18,20). The van der Waals surface area contributed by atoms with E-state index in [1.54, 1.807) is 30.5 Å². The molecule has 2 aromatic rings. The number of amides is 1. The summed E-state index contributed by atoms with van der Waals surface area (Å²) in [6.45, 7) is -0.103. The minimum Gasteiger partial charge on any atom is -0.484 e. The van der Waals surface area contributed by atoms with Gasteiger partial charge in [0.25, 0.3) is 5.91 Å². The van der Waals surface area contributed by atoms with Crippen LogP contribution in [0.4, 0.5) is 5.82 Å². The maximum atomic E-state index is 11.6. The van der Waals surface area contributed by atoms with Crippen LogP contribution in [0.15, 0.2) is 54.7 Å². The highest BCUT2D eigenvalue weighted by Gasteiger charge is 2.06. The normalized spacial score (nSPS) is 9.60. The lowest BCUT2D eigenvalue weighted by molar-refractivity contribution is -0.121. The highest BCUT2D eigenvalue weighted by atomic mass is 32.1. The van der Waals surface area contributed by atoms with Gasteiger partial charge in [-0.2, -0.15) is 0 Å². The fraction of sp³-hybridized carbons (Fsp3) is 0.0714. The summed E-state index contributed by atoms with van der Waals surface area (Å²) in [4.78, 5) is 15.7. The first-order valence-electron chi connectivity index (χ1n) is 5.94. The van der Waals surface area contributed by atoms with E-state index >= 15 is 0 Å². The number of pyridine rings is 1. The van der Waals surface area contributed by atoms with Gasteiger partial charge >= 0.3 is 0 Å². The smallest absolute Gasteiger partial charge is 0.264 e. The van der Waals surface area contributed by atoms with Gasteiger partial charge in [0.2, 0.25) is 0 Å². The molecule has 102 valence electrons. The minimum atomic E-state index is -0.331. The summed E-state index contributed by atoms with van der Waals surface area (Å²) >= 11 is 5.00. The van der Waals surface area contributed by atoms with Gasteiger partial charge in [-0.05, 0) is 36.5 Å². The van der Waals surface area contributed by atoms with Crippen LogP contribution in [0.1, 0.15) is 0 Å². The van der Waals surface area contributed by atoms with E-state index in [1.165, 1.54) is 0 Å². The van der Waals surface area contributed by atoms with Crippen molar-refractivity contribution in [1.82, 2.24) is 10.3 Å². The van der Waals surface area contributed by atoms with E-state index in [1.807, 2.05) is 24.3 Å². The zero-order valence-electron chi connectivity index (χ0n) is 10.6. The topological polar surface area (TPSA) is 63.2 Å². The molecule has 1 amide bonds. The lowest BCUT2D eigenvalue weighted by Crippen LogP contribution is -2.37. The molecular weight excluding hydrogens is 274 g/mol. The first kappa shape index (κ1) is 14.0. The van der Waals surface area contributed by atoms with Gasteiger partial charge in [-0.3, -0.25) is 10.1 Å². The van der Waals surface area contributed by atoms with Gasteiger partial charge in [0.15, 0.2) is 11.7 Å². The van der Waals surface area contributed by atoms with Crippen LogP contribution >= 0.6 is 12.2 Å². The average molecular weight is 287 g/mol. The number of hydrogen-bond donors (Lipinski definition) is 2. The third kappa shape index (κ3) is 4.66. The van der Waals surface area contributed by atoms with E-state index < -0.39 is 0 Å². The second-order valence-corrected chi connectivity index (χ2v) is 4.23. The van der Waals surface area contributed by atoms with Crippen LogP contribution in [-0.2, 0) is 4.79 Å². The number of hydrogen-bond acceptors (Lipinski definition) is 4. The lowest BCUT2D eigenvalue weighted by Gasteiger charge is -2.09. The Hall–Kier alpha value is -2.47. The number of rotatable bonds is 4. The first-order valence-corrected chi connectivity index (χ1v) is 6.34. The number of anilines is 1. The van der Waals surface area contributed by atoms with Crippen LogP contribution in [0.2, 0.25) is 0 Å². The van der Waals surface area contributed by atoms with E-state index in [0.29, 0.717) is 11.6 Å². The number of benzene rings is 1. The molecule has 0 aliphatic rings. The number of carbonyl (C=O) groups is 1. The number of ether oxygens (including phenoxy) is 1. The van der Waals surface area contributed by atoms with Crippen molar-refractivity contribution in [3.8, 4) is 5.75 Å². The van der Waals surface area contributed by atoms with E-state index in [-0.39, 0.29) is 17.6 Å². The molecular formula is C14H13N3O2S. The van der Waals surface area contributed by atoms with Gasteiger partial charge in [-0.1, -0.05) is 24.3 Å². The lowest BCUT2D eigenvalue weighted by atomic mass is 10.3. The number of para-hydroxylation sites is 1. The maximum Gasteiger partial charge on any atom is 0.264 e. The Morgan fingerprint density at radius 1 is 1.15 bits per heavy atom. The van der Waals surface area contributed by atoms with Crippen LogP contribution < -0.4 is 15.4 Å². The van der Waals surface area contributed by atoms with Gasteiger partial charge in [-0.15, -0.1) is 0 Å². The molecule has 0 radical (unpaired) electrons. The molecule has 0 aliphatic heterocycles. The Balaban J connectivity index is 1.75. The van der Waals surface area contributed by atoms with Crippen LogP contribution in [0.5, 0.6) is 5.75 Å². The molecule has 0 saturated heterocycles. The molecule has 0 unspecified atom stereocenters. The molecule has 2 N–H and O–H groups in total. The van der Waals surface area contributed by atoms with Gasteiger partial charge in [0.05, 0.1) is 0 Å². The maximum absolute atomic E-state index is 11.6. The summed E-state index contributed by atoms with van der Waals surface area (Å²) in [5.74, 6) is 0.871. The molecule has 1 aromatic carbocycles. The van der Waals surface area contributed by atoms with Crippen molar-refractivity contribution in [2.24, 2.45) is 0 Å². The predicted octanol–water partition coefficient (Wildman–Crippen LogP) is 1.97. The zero-order chi connectivity index (χ0) is 14.2. The van der Waals surface area contributed by atoms with E-state index in [4.69, 9.17) is 17.0 Å². The number of thiocarbonyl (C=S) groups is 1. The molecule has 1 heterocycles. The van der Waals surface area contributed by atoms with E-state index in [0.717, 1.165) is 0 Å². The highest BCUT2D eigenvalue weighted by Crippen LogP contribution is 2.07. The summed E-state index contributed by atoms with van der Waals surface area (Å²) in [5, 5.41) is 5.50. The molecule has 5 nitrogen and oxygen atoms in total. The van der Waals surface area contributed by atoms with Gasteiger partial charge in [-0.25, -0.2) is 4.98 Å². The molecule has 0 atom stereocenters. The van der Waals surface area contributed by atoms with Gasteiger partial charge in [0, 0.05) is 6.20 Å². The number of aromatic nitrogens is 1. The van der Waals surface area contributed by atoms with Crippen LogP contribution in [0.3, 0.4) is 0 Å². The van der Waals surface area contributed by atoms with Crippen LogP contribution in [0, 0.1) is 0 Å². The summed E-state index contributed by atoms with van der Waals surface area (Å²) in [7, 11) is 0. The van der Waals surface area contributed by atoms with Crippen molar-refractivity contribution < 1.29 is 9.53 Å². The molecule has 2 rings (SSSR count). The van der Waals surface area contributed by atoms with Gasteiger partial charge < -0.3 is 10.1 Å². The summed E-state index contributed by atoms with van der Waals surface area (Å²) in [5.41, 5.74) is 0. The van der Waals surface area contributed by atoms with Crippen molar-refractivity contribution in [1.29, 1.82) is 0 Å².